The van der Waals surface area contributed by atoms with Gasteiger partial charge in [-0.05, 0) is 17.7 Å². The molecule has 1 atom stereocenters. The largest absolute Gasteiger partial charge is 0.486 e. The quantitative estimate of drug-likeness (QED) is 0.826. The number of carbonyl (C=O) groups excluding carboxylic acids is 1. The van der Waals surface area contributed by atoms with Crippen LogP contribution in [0.5, 0.6) is 11.5 Å². The number of hydrogen-bond donors (Lipinski definition) is 2. The fourth-order valence-electron chi connectivity index (χ4n) is 1.81. The Labute approximate surface area is 124 Å². The summed E-state index contributed by atoms with van der Waals surface area (Å²) in [6.45, 7) is 1.66. The molecular weight excluding hydrogens is 284 g/mol. The maximum Gasteiger partial charge on any atom is 0.250 e. The molecule has 0 fully saturated rings. The molecule has 112 valence electrons. The molecule has 3 N–H and O–H groups in total. The van der Waals surface area contributed by atoms with Crippen molar-refractivity contribution in [2.24, 2.45) is 5.73 Å². The minimum Gasteiger partial charge on any atom is -0.486 e. The molecule has 0 radical (unpaired) electrons. The SMILES string of the molecule is COC(CN)C(=O)NCc1ccc2c(c1)OCCO2.Cl. The Bertz CT molecular complexity index is 452. The van der Waals surface area contributed by atoms with E-state index in [2.05, 4.69) is 5.32 Å². The number of nitrogens with two attached hydrogens (primary N) is 1. The summed E-state index contributed by atoms with van der Waals surface area (Å²) in [6, 6.07) is 5.59. The van der Waals surface area contributed by atoms with Gasteiger partial charge in [-0.1, -0.05) is 6.07 Å². The molecule has 1 aromatic carbocycles. The number of rotatable bonds is 5. The summed E-state index contributed by atoms with van der Waals surface area (Å²) in [7, 11) is 1.46. The molecular formula is C13H19ClN2O4. The van der Waals surface area contributed by atoms with Gasteiger partial charge in [-0.15, -0.1) is 12.4 Å². The number of halogens is 1. The number of fused-ring (bicyclic) bond motifs is 1. The van der Waals surface area contributed by atoms with Crippen LogP contribution in [0.4, 0.5) is 0 Å². The summed E-state index contributed by atoms with van der Waals surface area (Å²) in [6.07, 6.45) is -0.614. The van der Waals surface area contributed by atoms with Gasteiger partial charge in [0.2, 0.25) is 0 Å². The summed E-state index contributed by atoms with van der Waals surface area (Å²) >= 11 is 0. The zero-order valence-electron chi connectivity index (χ0n) is 11.3. The van der Waals surface area contributed by atoms with Crippen LogP contribution in [0.25, 0.3) is 0 Å². The lowest BCUT2D eigenvalue weighted by molar-refractivity contribution is -0.130. The minimum absolute atomic E-state index is 0. The predicted molar refractivity (Wildman–Crippen MR) is 76.4 cm³/mol. The molecule has 2 rings (SSSR count). The van der Waals surface area contributed by atoms with E-state index in [0.29, 0.717) is 25.5 Å². The number of ether oxygens (including phenoxy) is 3. The first-order valence-corrected chi connectivity index (χ1v) is 6.13. The third-order valence-corrected chi connectivity index (χ3v) is 2.86. The van der Waals surface area contributed by atoms with Crippen molar-refractivity contribution in [1.29, 1.82) is 0 Å². The highest BCUT2D eigenvalue weighted by molar-refractivity contribution is 5.85. The van der Waals surface area contributed by atoms with Gasteiger partial charge in [0.05, 0.1) is 0 Å². The molecule has 1 aliphatic heterocycles. The molecule has 0 aliphatic carbocycles. The normalized spacial score (nSPS) is 14.1. The van der Waals surface area contributed by atoms with E-state index in [0.717, 1.165) is 11.3 Å². The molecule has 0 bridgehead atoms. The highest BCUT2D eigenvalue weighted by Gasteiger charge is 2.16. The van der Waals surface area contributed by atoms with Crippen LogP contribution in [-0.2, 0) is 16.1 Å². The van der Waals surface area contributed by atoms with Crippen molar-refractivity contribution in [2.75, 3.05) is 26.9 Å². The molecule has 0 saturated carbocycles. The molecule has 6 nitrogen and oxygen atoms in total. The Morgan fingerprint density at radius 2 is 2.10 bits per heavy atom. The zero-order valence-corrected chi connectivity index (χ0v) is 12.1. The van der Waals surface area contributed by atoms with Crippen LogP contribution < -0.4 is 20.5 Å². The zero-order chi connectivity index (χ0) is 13.7. The summed E-state index contributed by atoms with van der Waals surface area (Å²) in [5, 5.41) is 2.77. The Hall–Kier alpha value is -1.50. The van der Waals surface area contributed by atoms with Gasteiger partial charge in [0.15, 0.2) is 11.5 Å². The van der Waals surface area contributed by atoms with Gasteiger partial charge in [0, 0.05) is 20.2 Å². The second kappa shape index (κ2) is 7.94. The second-order valence-electron chi connectivity index (χ2n) is 4.16. The average Bonchev–Trinajstić information content (AvgIpc) is 2.46. The van der Waals surface area contributed by atoms with Crippen LogP contribution in [0.2, 0.25) is 0 Å². The Balaban J connectivity index is 0.00000200. The van der Waals surface area contributed by atoms with Crippen molar-refractivity contribution in [3.63, 3.8) is 0 Å². The van der Waals surface area contributed by atoms with Crippen molar-refractivity contribution < 1.29 is 19.0 Å². The monoisotopic (exact) mass is 302 g/mol. The van der Waals surface area contributed by atoms with Crippen LogP contribution in [-0.4, -0.2) is 38.9 Å². The Morgan fingerprint density at radius 1 is 1.40 bits per heavy atom. The average molecular weight is 303 g/mol. The lowest BCUT2D eigenvalue weighted by atomic mass is 10.2. The maximum atomic E-state index is 11.7. The third-order valence-electron chi connectivity index (χ3n) is 2.86. The van der Waals surface area contributed by atoms with Gasteiger partial charge in [-0.3, -0.25) is 4.79 Å². The lowest BCUT2D eigenvalue weighted by Crippen LogP contribution is -2.40. The van der Waals surface area contributed by atoms with Gasteiger partial charge in [0.1, 0.15) is 19.3 Å². The van der Waals surface area contributed by atoms with Crippen LogP contribution in [0.3, 0.4) is 0 Å². The minimum atomic E-state index is -0.614. The molecule has 20 heavy (non-hydrogen) atoms. The number of carbonyl (C=O) groups is 1. The molecule has 0 aromatic heterocycles. The third kappa shape index (κ3) is 4.00. The van der Waals surface area contributed by atoms with Crippen LogP contribution in [0.1, 0.15) is 5.56 Å². The summed E-state index contributed by atoms with van der Waals surface area (Å²) < 4.78 is 15.9. The number of amides is 1. The molecule has 0 spiro atoms. The van der Waals surface area contributed by atoms with Gasteiger partial charge < -0.3 is 25.3 Å². The second-order valence-corrected chi connectivity index (χ2v) is 4.16. The molecule has 1 aliphatic rings. The first kappa shape index (κ1) is 16.6. The number of benzene rings is 1. The maximum absolute atomic E-state index is 11.7. The van der Waals surface area contributed by atoms with Gasteiger partial charge in [-0.2, -0.15) is 0 Å². The van der Waals surface area contributed by atoms with Gasteiger partial charge in [-0.25, -0.2) is 0 Å². The van der Waals surface area contributed by atoms with Gasteiger partial charge >= 0.3 is 0 Å². The first-order chi connectivity index (χ1) is 9.24. The van der Waals surface area contributed by atoms with Crippen LogP contribution in [0.15, 0.2) is 18.2 Å². The van der Waals surface area contributed by atoms with E-state index in [-0.39, 0.29) is 24.9 Å². The number of nitrogens with one attached hydrogen (secondary N) is 1. The van der Waals surface area contributed by atoms with E-state index in [1.807, 2.05) is 18.2 Å². The topological polar surface area (TPSA) is 82.8 Å². The molecule has 1 unspecified atom stereocenters. The van der Waals surface area contributed by atoms with Crippen molar-refractivity contribution in [3.05, 3.63) is 23.8 Å². The molecule has 1 aromatic rings. The highest BCUT2D eigenvalue weighted by Crippen LogP contribution is 2.30. The number of hydrogen-bond acceptors (Lipinski definition) is 5. The van der Waals surface area contributed by atoms with E-state index in [9.17, 15) is 4.79 Å². The molecule has 1 amide bonds. The van der Waals surface area contributed by atoms with E-state index in [4.69, 9.17) is 19.9 Å². The van der Waals surface area contributed by atoms with Crippen molar-refractivity contribution in [3.8, 4) is 11.5 Å². The summed E-state index contributed by atoms with van der Waals surface area (Å²) in [5.74, 6) is 1.22. The van der Waals surface area contributed by atoms with E-state index in [1.165, 1.54) is 7.11 Å². The van der Waals surface area contributed by atoms with Crippen molar-refractivity contribution in [2.45, 2.75) is 12.6 Å². The Morgan fingerprint density at radius 3 is 2.75 bits per heavy atom. The lowest BCUT2D eigenvalue weighted by Gasteiger charge is -2.19. The van der Waals surface area contributed by atoms with Crippen LogP contribution in [0, 0.1) is 0 Å². The standard InChI is InChI=1S/C13H18N2O4.ClH/c1-17-12(7-14)13(16)15-8-9-2-3-10-11(6-9)19-5-4-18-10;/h2-3,6,12H,4-5,7-8,14H2,1H3,(H,15,16);1H. The van der Waals surface area contributed by atoms with Gasteiger partial charge in [0.25, 0.3) is 5.91 Å². The smallest absolute Gasteiger partial charge is 0.250 e. The van der Waals surface area contributed by atoms with E-state index < -0.39 is 6.10 Å². The molecule has 7 heteroatoms. The highest BCUT2D eigenvalue weighted by atomic mass is 35.5. The van der Waals surface area contributed by atoms with Crippen molar-refractivity contribution >= 4 is 18.3 Å². The van der Waals surface area contributed by atoms with E-state index >= 15 is 0 Å². The Kier molecular flexibility index (Phi) is 6.57. The number of methoxy groups -OCH3 is 1. The predicted octanol–water partition coefficient (Wildman–Crippen LogP) is 0.470. The van der Waals surface area contributed by atoms with Crippen LogP contribution >= 0.6 is 12.4 Å². The van der Waals surface area contributed by atoms with E-state index in [1.54, 1.807) is 0 Å². The molecule has 1 heterocycles. The fraction of sp³-hybridized carbons (Fsp3) is 0.462. The van der Waals surface area contributed by atoms with Crippen molar-refractivity contribution in [1.82, 2.24) is 5.32 Å². The summed E-state index contributed by atoms with van der Waals surface area (Å²) in [4.78, 5) is 11.7. The first-order valence-electron chi connectivity index (χ1n) is 6.13. The molecule has 0 saturated heterocycles. The summed E-state index contributed by atoms with van der Waals surface area (Å²) in [5.41, 5.74) is 6.36. The fourth-order valence-corrected chi connectivity index (χ4v) is 1.81.